The molecule has 1 heteroatoms. The van der Waals surface area contributed by atoms with Crippen LogP contribution in [-0.2, 0) is 0 Å². The fourth-order valence-corrected chi connectivity index (χ4v) is 1.75. The Balaban J connectivity index is 2.55. The van der Waals surface area contributed by atoms with E-state index in [-0.39, 0.29) is 0 Å². The Hall–Kier alpha value is -1.52. The van der Waals surface area contributed by atoms with Crippen LogP contribution in [0.4, 0.5) is 0 Å². The quantitative estimate of drug-likeness (QED) is 0.675. The fraction of sp³-hybridized carbons (Fsp3) is 0. The van der Waals surface area contributed by atoms with E-state index in [1.165, 1.54) is 0 Å². The average molecular weight is 257 g/mol. The molecule has 0 bridgehead atoms. The van der Waals surface area contributed by atoms with Gasteiger partial charge in [0.1, 0.15) is 0 Å². The molecule has 2 aromatic rings. The molecular weight excluding hydrogens is 248 g/mol. The standard InChI is InChI=1S/C14H9Br/c1-2-11-5-3-4-6-14(11)12-7-9-13(15)10-8-12/h1,3-10H. The van der Waals surface area contributed by atoms with Crippen molar-refractivity contribution >= 4 is 15.9 Å². The number of halogens is 1. The SMILES string of the molecule is C#Cc1ccccc1-c1ccc(Br)cc1. The number of rotatable bonds is 1. The minimum absolute atomic E-state index is 0.930. The van der Waals surface area contributed by atoms with Crippen LogP contribution in [0, 0.1) is 12.3 Å². The predicted octanol–water partition coefficient (Wildman–Crippen LogP) is 4.10. The van der Waals surface area contributed by atoms with E-state index in [0.29, 0.717) is 0 Å². The summed E-state index contributed by atoms with van der Waals surface area (Å²) in [6.07, 6.45) is 5.46. The van der Waals surface area contributed by atoms with Gasteiger partial charge in [0.2, 0.25) is 0 Å². The highest BCUT2D eigenvalue weighted by molar-refractivity contribution is 9.10. The van der Waals surface area contributed by atoms with Crippen LogP contribution in [0.5, 0.6) is 0 Å². The summed E-state index contributed by atoms with van der Waals surface area (Å²) in [5, 5.41) is 0. The number of terminal acetylenes is 1. The Kier molecular flexibility index (Phi) is 2.89. The molecule has 0 N–H and O–H groups in total. The van der Waals surface area contributed by atoms with Gasteiger partial charge in [0.15, 0.2) is 0 Å². The third kappa shape index (κ3) is 2.11. The van der Waals surface area contributed by atoms with Crippen LogP contribution in [0.15, 0.2) is 53.0 Å². The molecule has 0 saturated heterocycles. The summed E-state index contributed by atoms with van der Waals surface area (Å²) in [6.45, 7) is 0. The van der Waals surface area contributed by atoms with Crippen molar-refractivity contribution in [2.24, 2.45) is 0 Å². The Morgan fingerprint density at radius 3 is 2.27 bits per heavy atom. The highest BCUT2D eigenvalue weighted by Gasteiger charge is 2.01. The van der Waals surface area contributed by atoms with Crippen molar-refractivity contribution in [1.82, 2.24) is 0 Å². The van der Waals surface area contributed by atoms with Gasteiger partial charge >= 0.3 is 0 Å². The maximum absolute atomic E-state index is 5.46. The van der Waals surface area contributed by atoms with E-state index in [0.717, 1.165) is 21.2 Å². The van der Waals surface area contributed by atoms with E-state index in [4.69, 9.17) is 6.42 Å². The third-order valence-corrected chi connectivity index (χ3v) is 2.77. The molecule has 0 heterocycles. The van der Waals surface area contributed by atoms with Gasteiger partial charge in [0, 0.05) is 10.0 Å². The van der Waals surface area contributed by atoms with Gasteiger partial charge in [0.05, 0.1) is 0 Å². The third-order valence-electron chi connectivity index (χ3n) is 2.24. The molecule has 0 radical (unpaired) electrons. The van der Waals surface area contributed by atoms with Crippen molar-refractivity contribution in [2.75, 3.05) is 0 Å². The first kappa shape index (κ1) is 10.0. The zero-order valence-electron chi connectivity index (χ0n) is 8.07. The molecule has 0 aliphatic heterocycles. The molecule has 2 rings (SSSR count). The maximum atomic E-state index is 5.46. The van der Waals surface area contributed by atoms with Crippen LogP contribution >= 0.6 is 15.9 Å². The molecular formula is C14H9Br. The van der Waals surface area contributed by atoms with Crippen molar-refractivity contribution in [3.63, 3.8) is 0 Å². The summed E-state index contributed by atoms with van der Waals surface area (Å²) in [5.74, 6) is 2.70. The van der Waals surface area contributed by atoms with Crippen molar-refractivity contribution in [3.8, 4) is 23.5 Å². The van der Waals surface area contributed by atoms with Gasteiger partial charge in [-0.05, 0) is 29.3 Å². The Morgan fingerprint density at radius 2 is 1.60 bits per heavy atom. The van der Waals surface area contributed by atoms with E-state index < -0.39 is 0 Å². The Morgan fingerprint density at radius 1 is 0.933 bits per heavy atom. The van der Waals surface area contributed by atoms with Crippen molar-refractivity contribution in [1.29, 1.82) is 0 Å². The highest BCUT2D eigenvalue weighted by Crippen LogP contribution is 2.24. The summed E-state index contributed by atoms with van der Waals surface area (Å²) < 4.78 is 1.07. The van der Waals surface area contributed by atoms with E-state index in [1.807, 2.05) is 36.4 Å². The summed E-state index contributed by atoms with van der Waals surface area (Å²) >= 11 is 3.41. The van der Waals surface area contributed by atoms with Gasteiger partial charge in [-0.15, -0.1) is 6.42 Å². The minimum Gasteiger partial charge on any atom is -0.115 e. The molecule has 0 aromatic heterocycles. The second-order valence-electron chi connectivity index (χ2n) is 3.20. The lowest BCUT2D eigenvalue weighted by Crippen LogP contribution is -1.82. The Bertz CT molecular complexity index is 504. The molecule has 0 saturated carbocycles. The normalized spacial score (nSPS) is 9.60. The first-order chi connectivity index (χ1) is 7.31. The summed E-state index contributed by atoms with van der Waals surface area (Å²) in [5.41, 5.74) is 3.18. The van der Waals surface area contributed by atoms with Gasteiger partial charge in [-0.3, -0.25) is 0 Å². The molecule has 72 valence electrons. The first-order valence-corrected chi connectivity index (χ1v) is 5.42. The number of hydrogen-bond acceptors (Lipinski definition) is 0. The molecule has 0 aliphatic rings. The van der Waals surface area contributed by atoms with Crippen LogP contribution in [0.2, 0.25) is 0 Å². The van der Waals surface area contributed by atoms with E-state index in [2.05, 4.69) is 34.0 Å². The molecule has 0 nitrogen and oxygen atoms in total. The van der Waals surface area contributed by atoms with Crippen LogP contribution < -0.4 is 0 Å². The number of benzene rings is 2. The molecule has 0 atom stereocenters. The van der Waals surface area contributed by atoms with Crippen LogP contribution in [0.25, 0.3) is 11.1 Å². The average Bonchev–Trinajstić information content (AvgIpc) is 2.30. The maximum Gasteiger partial charge on any atom is 0.0321 e. The van der Waals surface area contributed by atoms with Gasteiger partial charge in [-0.2, -0.15) is 0 Å². The summed E-state index contributed by atoms with van der Waals surface area (Å²) in [4.78, 5) is 0. The van der Waals surface area contributed by atoms with Crippen LogP contribution in [-0.4, -0.2) is 0 Å². The topological polar surface area (TPSA) is 0 Å². The van der Waals surface area contributed by atoms with Crippen LogP contribution in [0.1, 0.15) is 5.56 Å². The van der Waals surface area contributed by atoms with Crippen molar-refractivity contribution < 1.29 is 0 Å². The van der Waals surface area contributed by atoms with Gasteiger partial charge in [0.25, 0.3) is 0 Å². The molecule has 0 unspecified atom stereocenters. The van der Waals surface area contributed by atoms with Gasteiger partial charge < -0.3 is 0 Å². The molecule has 0 spiro atoms. The molecule has 0 aliphatic carbocycles. The van der Waals surface area contributed by atoms with Crippen molar-refractivity contribution in [2.45, 2.75) is 0 Å². The fourth-order valence-electron chi connectivity index (χ4n) is 1.49. The van der Waals surface area contributed by atoms with E-state index in [1.54, 1.807) is 0 Å². The number of hydrogen-bond donors (Lipinski definition) is 0. The highest BCUT2D eigenvalue weighted by atomic mass is 79.9. The second kappa shape index (κ2) is 4.33. The van der Waals surface area contributed by atoms with Crippen molar-refractivity contribution in [3.05, 3.63) is 58.6 Å². The van der Waals surface area contributed by atoms with Gasteiger partial charge in [-0.1, -0.05) is 52.2 Å². The lowest BCUT2D eigenvalue weighted by molar-refractivity contribution is 1.57. The smallest absolute Gasteiger partial charge is 0.0321 e. The Labute approximate surface area is 98.1 Å². The summed E-state index contributed by atoms with van der Waals surface area (Å²) in [7, 11) is 0. The largest absolute Gasteiger partial charge is 0.115 e. The zero-order chi connectivity index (χ0) is 10.7. The van der Waals surface area contributed by atoms with Gasteiger partial charge in [-0.25, -0.2) is 0 Å². The second-order valence-corrected chi connectivity index (χ2v) is 4.11. The van der Waals surface area contributed by atoms with E-state index >= 15 is 0 Å². The lowest BCUT2D eigenvalue weighted by Gasteiger charge is -2.04. The molecule has 0 amide bonds. The molecule has 2 aromatic carbocycles. The first-order valence-electron chi connectivity index (χ1n) is 4.63. The molecule has 15 heavy (non-hydrogen) atoms. The minimum atomic E-state index is 0.930. The monoisotopic (exact) mass is 256 g/mol. The zero-order valence-corrected chi connectivity index (χ0v) is 9.66. The predicted molar refractivity (Wildman–Crippen MR) is 67.5 cm³/mol. The van der Waals surface area contributed by atoms with Crippen LogP contribution in [0.3, 0.4) is 0 Å². The summed E-state index contributed by atoms with van der Waals surface area (Å²) in [6, 6.07) is 16.1. The lowest BCUT2D eigenvalue weighted by atomic mass is 10.0. The molecule has 0 fully saturated rings. The van der Waals surface area contributed by atoms with E-state index in [9.17, 15) is 0 Å².